The number of oxazole rings is 1. The van der Waals surface area contributed by atoms with Crippen LogP contribution < -0.4 is 5.32 Å². The number of aryl methyl sites for hydroxylation is 2. The highest BCUT2D eigenvalue weighted by Gasteiger charge is 2.19. The van der Waals surface area contributed by atoms with Crippen molar-refractivity contribution in [3.63, 3.8) is 0 Å². The molecular weight excluding hydrogens is 391 g/mol. The van der Waals surface area contributed by atoms with E-state index >= 15 is 0 Å². The molecule has 0 bridgehead atoms. The monoisotopic (exact) mass is 414 g/mol. The number of para-hydroxylation sites is 1. The number of aromatic nitrogens is 1. The Hall–Kier alpha value is -3.73. The van der Waals surface area contributed by atoms with Crippen molar-refractivity contribution in [1.82, 2.24) is 4.98 Å². The fourth-order valence-corrected chi connectivity index (χ4v) is 3.60. The van der Waals surface area contributed by atoms with E-state index in [2.05, 4.69) is 24.1 Å². The van der Waals surface area contributed by atoms with Crippen molar-refractivity contribution in [1.29, 1.82) is 0 Å². The Bertz CT molecular complexity index is 1190. The summed E-state index contributed by atoms with van der Waals surface area (Å²) in [7, 11) is 0. The van der Waals surface area contributed by atoms with Crippen LogP contribution in [0.4, 0.5) is 10.1 Å². The van der Waals surface area contributed by atoms with Crippen molar-refractivity contribution in [3.05, 3.63) is 95.4 Å². The zero-order valence-corrected chi connectivity index (χ0v) is 17.5. The highest BCUT2D eigenvalue weighted by Crippen LogP contribution is 2.30. The second-order valence-electron chi connectivity index (χ2n) is 7.19. The third-order valence-electron chi connectivity index (χ3n) is 5.27. The van der Waals surface area contributed by atoms with E-state index in [4.69, 9.17) is 4.42 Å². The number of amides is 1. The maximum atomic E-state index is 13.2. The molecule has 0 saturated carbocycles. The molecule has 4 aromatic rings. The normalized spacial score (nSPS) is 10.8. The topological polar surface area (TPSA) is 55.1 Å². The summed E-state index contributed by atoms with van der Waals surface area (Å²) in [5, 5.41) is 3.10. The molecule has 1 amide bonds. The lowest BCUT2D eigenvalue weighted by Crippen LogP contribution is -2.16. The summed E-state index contributed by atoms with van der Waals surface area (Å²) in [6.45, 7) is 4.14. The Morgan fingerprint density at radius 3 is 2.29 bits per heavy atom. The summed E-state index contributed by atoms with van der Waals surface area (Å²) < 4.78 is 19.1. The molecule has 1 N–H and O–H groups in total. The molecule has 4 rings (SSSR count). The van der Waals surface area contributed by atoms with Crippen molar-refractivity contribution >= 4 is 11.6 Å². The first-order valence-electron chi connectivity index (χ1n) is 10.3. The van der Waals surface area contributed by atoms with Gasteiger partial charge in [0.25, 0.3) is 5.91 Å². The van der Waals surface area contributed by atoms with Crippen LogP contribution in [0.1, 0.15) is 35.3 Å². The molecule has 0 radical (unpaired) electrons. The highest BCUT2D eigenvalue weighted by atomic mass is 19.1. The van der Waals surface area contributed by atoms with E-state index in [1.807, 2.05) is 36.4 Å². The number of carbonyl (C=O) groups excluding carboxylic acids is 1. The van der Waals surface area contributed by atoms with Crippen LogP contribution in [0.15, 0.2) is 77.3 Å². The number of nitrogens with one attached hydrogen (secondary N) is 1. The van der Waals surface area contributed by atoms with E-state index in [0.717, 1.165) is 29.7 Å². The largest absolute Gasteiger partial charge is 0.436 e. The summed E-state index contributed by atoms with van der Waals surface area (Å²) in [4.78, 5) is 17.6. The van der Waals surface area contributed by atoms with E-state index in [-0.39, 0.29) is 11.7 Å². The van der Waals surface area contributed by atoms with E-state index in [9.17, 15) is 9.18 Å². The molecule has 31 heavy (non-hydrogen) atoms. The molecule has 3 aromatic carbocycles. The Morgan fingerprint density at radius 1 is 0.935 bits per heavy atom. The van der Waals surface area contributed by atoms with Gasteiger partial charge in [0.05, 0.1) is 11.8 Å². The summed E-state index contributed by atoms with van der Waals surface area (Å²) in [6.07, 6.45) is 3.23. The van der Waals surface area contributed by atoms with Crippen LogP contribution in [0, 0.1) is 5.82 Å². The van der Waals surface area contributed by atoms with Gasteiger partial charge in [0.1, 0.15) is 5.82 Å². The van der Waals surface area contributed by atoms with Gasteiger partial charge in [0, 0.05) is 16.8 Å². The third kappa shape index (κ3) is 4.26. The average Bonchev–Trinajstić information content (AvgIpc) is 3.29. The lowest BCUT2D eigenvalue weighted by molar-refractivity contribution is 0.102. The number of hydrogen-bond donors (Lipinski definition) is 1. The SMILES string of the molecule is CCc1cccc(CC)c1NC(=O)c1ccccc1-c1ncc(-c2ccc(F)cc2)o1. The molecule has 0 atom stereocenters. The molecule has 0 unspecified atom stereocenters. The smallest absolute Gasteiger partial charge is 0.256 e. The second kappa shape index (κ2) is 8.96. The fourth-order valence-electron chi connectivity index (χ4n) is 3.60. The van der Waals surface area contributed by atoms with Crippen LogP contribution in [0.3, 0.4) is 0 Å². The number of rotatable bonds is 6. The van der Waals surface area contributed by atoms with Crippen molar-refractivity contribution in [3.8, 4) is 22.8 Å². The van der Waals surface area contributed by atoms with Gasteiger partial charge in [-0.25, -0.2) is 9.37 Å². The van der Waals surface area contributed by atoms with Gasteiger partial charge in [-0.05, 0) is 60.4 Å². The first-order chi connectivity index (χ1) is 15.1. The maximum absolute atomic E-state index is 13.2. The van der Waals surface area contributed by atoms with Gasteiger partial charge >= 0.3 is 0 Å². The average molecular weight is 414 g/mol. The molecule has 0 saturated heterocycles. The maximum Gasteiger partial charge on any atom is 0.256 e. The molecule has 1 heterocycles. The molecule has 1 aromatic heterocycles. The van der Waals surface area contributed by atoms with Gasteiger partial charge in [0.2, 0.25) is 5.89 Å². The van der Waals surface area contributed by atoms with Crippen molar-refractivity contribution in [2.24, 2.45) is 0 Å². The highest BCUT2D eigenvalue weighted by molar-refractivity contribution is 6.08. The number of halogens is 1. The minimum Gasteiger partial charge on any atom is -0.436 e. The quantitative estimate of drug-likeness (QED) is 0.390. The first kappa shape index (κ1) is 20.5. The fraction of sp³-hybridized carbons (Fsp3) is 0.154. The van der Waals surface area contributed by atoms with E-state index in [0.29, 0.717) is 28.3 Å². The standard InChI is InChI=1S/C26H23FN2O2/c1-3-17-8-7-9-18(4-2)24(17)29-25(30)21-10-5-6-11-22(21)26-28-16-23(31-26)19-12-14-20(27)15-13-19/h5-16H,3-4H2,1-2H3,(H,29,30). The van der Waals surface area contributed by atoms with Gasteiger partial charge in [-0.15, -0.1) is 0 Å². The Morgan fingerprint density at radius 2 is 1.61 bits per heavy atom. The van der Waals surface area contributed by atoms with Gasteiger partial charge in [-0.3, -0.25) is 4.79 Å². The molecule has 0 aliphatic rings. The molecule has 156 valence electrons. The zero-order valence-electron chi connectivity index (χ0n) is 17.5. The summed E-state index contributed by atoms with van der Waals surface area (Å²) >= 11 is 0. The molecule has 0 fully saturated rings. The number of anilines is 1. The van der Waals surface area contributed by atoms with Crippen LogP contribution in [-0.2, 0) is 12.8 Å². The Labute approximate surface area is 180 Å². The number of nitrogens with zero attached hydrogens (tertiary/aromatic N) is 1. The van der Waals surface area contributed by atoms with Crippen LogP contribution in [0.2, 0.25) is 0 Å². The van der Waals surface area contributed by atoms with Gasteiger partial charge < -0.3 is 9.73 Å². The zero-order chi connectivity index (χ0) is 21.8. The Balaban J connectivity index is 1.67. The van der Waals surface area contributed by atoms with Crippen LogP contribution >= 0.6 is 0 Å². The lowest BCUT2D eigenvalue weighted by Gasteiger charge is -2.15. The number of carbonyl (C=O) groups is 1. The molecular formula is C26H23FN2O2. The molecule has 0 spiro atoms. The second-order valence-corrected chi connectivity index (χ2v) is 7.19. The minimum absolute atomic E-state index is 0.215. The molecule has 0 aliphatic carbocycles. The van der Waals surface area contributed by atoms with Gasteiger partial charge in [-0.1, -0.05) is 44.2 Å². The Kier molecular flexibility index (Phi) is 5.94. The van der Waals surface area contributed by atoms with Crippen molar-refractivity contribution in [2.75, 3.05) is 5.32 Å². The molecule has 5 heteroatoms. The van der Waals surface area contributed by atoms with E-state index < -0.39 is 0 Å². The molecule has 0 aliphatic heterocycles. The van der Waals surface area contributed by atoms with Crippen molar-refractivity contribution in [2.45, 2.75) is 26.7 Å². The predicted octanol–water partition coefficient (Wildman–Crippen LogP) is 6.52. The third-order valence-corrected chi connectivity index (χ3v) is 5.27. The summed E-state index contributed by atoms with van der Waals surface area (Å²) in [5.41, 5.74) is 4.85. The van der Waals surface area contributed by atoms with Crippen LogP contribution in [0.25, 0.3) is 22.8 Å². The van der Waals surface area contributed by atoms with E-state index in [1.165, 1.54) is 12.1 Å². The number of benzene rings is 3. The molecule has 4 nitrogen and oxygen atoms in total. The summed E-state index contributed by atoms with van der Waals surface area (Å²) in [5.74, 6) is 0.316. The lowest BCUT2D eigenvalue weighted by atomic mass is 10.0. The van der Waals surface area contributed by atoms with Gasteiger partial charge in [-0.2, -0.15) is 0 Å². The number of hydrogen-bond acceptors (Lipinski definition) is 3. The summed E-state index contributed by atoms with van der Waals surface area (Å²) in [6, 6.07) is 19.3. The predicted molar refractivity (Wildman–Crippen MR) is 120 cm³/mol. The first-order valence-corrected chi connectivity index (χ1v) is 10.3. The van der Waals surface area contributed by atoms with E-state index in [1.54, 1.807) is 24.4 Å². The minimum atomic E-state index is -0.315. The van der Waals surface area contributed by atoms with Crippen LogP contribution in [-0.4, -0.2) is 10.9 Å². The van der Waals surface area contributed by atoms with Crippen molar-refractivity contribution < 1.29 is 13.6 Å². The van der Waals surface area contributed by atoms with Crippen LogP contribution in [0.5, 0.6) is 0 Å². The van der Waals surface area contributed by atoms with Gasteiger partial charge in [0.15, 0.2) is 5.76 Å².